The van der Waals surface area contributed by atoms with Crippen LogP contribution in [-0.4, -0.2) is 25.5 Å². The molecule has 120 valence electrons. The zero-order valence-electron chi connectivity index (χ0n) is 13.0. The monoisotopic (exact) mass is 304 g/mol. The second-order valence-corrected chi connectivity index (χ2v) is 6.70. The molecule has 2 aliphatic rings. The van der Waals surface area contributed by atoms with Gasteiger partial charge < -0.3 is 10.6 Å². The van der Waals surface area contributed by atoms with Crippen LogP contribution in [0.1, 0.15) is 44.1 Å². The van der Waals surface area contributed by atoms with Crippen molar-refractivity contribution >= 4 is 5.91 Å². The number of piperidine rings is 1. The lowest BCUT2D eigenvalue weighted by Crippen LogP contribution is -2.49. The molecule has 2 N–H and O–H groups in total. The highest BCUT2D eigenvalue weighted by atomic mass is 19.1. The van der Waals surface area contributed by atoms with Crippen LogP contribution in [0.2, 0.25) is 0 Å². The Hall–Kier alpha value is -1.42. The summed E-state index contributed by atoms with van der Waals surface area (Å²) < 4.78 is 13.5. The maximum absolute atomic E-state index is 13.5. The maximum Gasteiger partial charge on any atom is 0.230 e. The number of rotatable bonds is 5. The van der Waals surface area contributed by atoms with Gasteiger partial charge in [-0.15, -0.1) is 0 Å². The third-order valence-electron chi connectivity index (χ3n) is 5.26. The van der Waals surface area contributed by atoms with E-state index in [-0.39, 0.29) is 11.7 Å². The average Bonchev–Trinajstić information content (AvgIpc) is 2.47. The normalized spacial score (nSPS) is 23.6. The lowest BCUT2D eigenvalue weighted by Gasteiger charge is -2.41. The first-order chi connectivity index (χ1) is 10.7. The predicted octanol–water partition coefficient (Wildman–Crippen LogP) is 2.75. The minimum absolute atomic E-state index is 0.0770. The number of carbonyl (C=O) groups is 1. The van der Waals surface area contributed by atoms with Crippen molar-refractivity contribution in [3.05, 3.63) is 35.6 Å². The second kappa shape index (κ2) is 6.78. The molecular formula is C18H25FN2O. The van der Waals surface area contributed by atoms with Crippen molar-refractivity contribution in [1.29, 1.82) is 0 Å². The van der Waals surface area contributed by atoms with E-state index in [1.165, 1.54) is 25.0 Å². The first-order valence-electron chi connectivity index (χ1n) is 8.46. The first kappa shape index (κ1) is 15.5. The van der Waals surface area contributed by atoms with E-state index >= 15 is 0 Å². The van der Waals surface area contributed by atoms with Crippen molar-refractivity contribution in [3.8, 4) is 0 Å². The van der Waals surface area contributed by atoms with E-state index in [2.05, 4.69) is 10.6 Å². The zero-order chi connectivity index (χ0) is 15.4. The van der Waals surface area contributed by atoms with Crippen LogP contribution in [0.15, 0.2) is 24.3 Å². The molecule has 1 unspecified atom stereocenters. The fourth-order valence-electron chi connectivity index (χ4n) is 3.69. The number of carbonyl (C=O) groups excluding carboxylic acids is 1. The number of nitrogens with one attached hydrogen (secondary N) is 2. The fraction of sp³-hybridized carbons (Fsp3) is 0.611. The van der Waals surface area contributed by atoms with Crippen molar-refractivity contribution in [3.63, 3.8) is 0 Å². The highest BCUT2D eigenvalue weighted by Crippen LogP contribution is 2.44. The molecular weight excluding hydrogens is 279 g/mol. The van der Waals surface area contributed by atoms with Crippen LogP contribution >= 0.6 is 0 Å². The van der Waals surface area contributed by atoms with Crippen LogP contribution in [0, 0.1) is 11.7 Å². The molecule has 1 amide bonds. The lowest BCUT2D eigenvalue weighted by molar-refractivity contribution is -0.130. The highest BCUT2D eigenvalue weighted by molar-refractivity contribution is 5.89. The number of hydrogen-bond acceptors (Lipinski definition) is 2. The molecule has 0 aromatic heterocycles. The number of amides is 1. The summed E-state index contributed by atoms with van der Waals surface area (Å²) in [5.74, 6) is 0.485. The van der Waals surface area contributed by atoms with Crippen LogP contribution in [0.3, 0.4) is 0 Å². The summed E-state index contributed by atoms with van der Waals surface area (Å²) in [6, 6.07) is 6.53. The average molecular weight is 304 g/mol. The van der Waals surface area contributed by atoms with Crippen LogP contribution < -0.4 is 10.6 Å². The Morgan fingerprint density at radius 1 is 1.36 bits per heavy atom. The van der Waals surface area contributed by atoms with Gasteiger partial charge in [-0.05, 0) is 68.8 Å². The van der Waals surface area contributed by atoms with Gasteiger partial charge in [0.15, 0.2) is 0 Å². The van der Waals surface area contributed by atoms with Crippen LogP contribution in [0.5, 0.6) is 0 Å². The summed E-state index contributed by atoms with van der Waals surface area (Å²) >= 11 is 0. The molecule has 3 rings (SSSR count). The summed E-state index contributed by atoms with van der Waals surface area (Å²) in [6.07, 6.45) is 6.19. The van der Waals surface area contributed by atoms with Crippen molar-refractivity contribution < 1.29 is 9.18 Å². The Morgan fingerprint density at radius 3 is 2.86 bits per heavy atom. The van der Waals surface area contributed by atoms with E-state index in [1.807, 2.05) is 6.07 Å². The Balaban J connectivity index is 1.57. The van der Waals surface area contributed by atoms with E-state index in [4.69, 9.17) is 0 Å². The summed E-state index contributed by atoms with van der Waals surface area (Å²) in [6.45, 7) is 2.90. The zero-order valence-corrected chi connectivity index (χ0v) is 13.0. The van der Waals surface area contributed by atoms with Gasteiger partial charge in [0.05, 0.1) is 5.41 Å². The fourth-order valence-corrected chi connectivity index (χ4v) is 3.69. The molecule has 0 spiro atoms. The summed E-state index contributed by atoms with van der Waals surface area (Å²) in [7, 11) is 0. The van der Waals surface area contributed by atoms with Gasteiger partial charge >= 0.3 is 0 Å². The van der Waals surface area contributed by atoms with Crippen molar-refractivity contribution in [2.75, 3.05) is 19.6 Å². The minimum atomic E-state index is -0.493. The molecule has 1 saturated heterocycles. The molecule has 1 aromatic rings. The van der Waals surface area contributed by atoms with Crippen molar-refractivity contribution in [2.24, 2.45) is 5.92 Å². The molecule has 1 saturated carbocycles. The van der Waals surface area contributed by atoms with Crippen molar-refractivity contribution in [1.82, 2.24) is 10.6 Å². The standard InChI is InChI=1S/C18H25FN2O/c19-16-6-1-5-15(12-16)18(8-3-9-18)17(22)21-11-7-14-4-2-10-20-13-14/h1,5-6,12,14,20H,2-4,7-11,13H2,(H,21,22). The maximum atomic E-state index is 13.5. The largest absolute Gasteiger partial charge is 0.355 e. The number of benzene rings is 1. The van der Waals surface area contributed by atoms with Gasteiger partial charge in [-0.25, -0.2) is 4.39 Å². The molecule has 0 radical (unpaired) electrons. The Kier molecular flexibility index (Phi) is 4.77. The van der Waals surface area contributed by atoms with Gasteiger partial charge in [0.1, 0.15) is 5.82 Å². The Morgan fingerprint density at radius 2 is 2.23 bits per heavy atom. The molecule has 3 nitrogen and oxygen atoms in total. The van der Waals surface area contributed by atoms with Gasteiger partial charge in [0.25, 0.3) is 0 Å². The molecule has 1 atom stereocenters. The third-order valence-corrected chi connectivity index (χ3v) is 5.26. The summed E-state index contributed by atoms with van der Waals surface area (Å²) in [5, 5.41) is 6.50. The Labute approximate surface area is 131 Å². The topological polar surface area (TPSA) is 41.1 Å². The van der Waals surface area contributed by atoms with Gasteiger partial charge in [-0.2, -0.15) is 0 Å². The van der Waals surface area contributed by atoms with E-state index in [9.17, 15) is 9.18 Å². The smallest absolute Gasteiger partial charge is 0.230 e. The van der Waals surface area contributed by atoms with Gasteiger partial charge in [-0.3, -0.25) is 4.79 Å². The molecule has 1 aromatic carbocycles. The second-order valence-electron chi connectivity index (χ2n) is 6.70. The summed E-state index contributed by atoms with van der Waals surface area (Å²) in [4.78, 5) is 12.7. The molecule has 4 heteroatoms. The van der Waals surface area contributed by atoms with E-state index in [0.717, 1.165) is 50.9 Å². The van der Waals surface area contributed by atoms with Crippen LogP contribution in [0.25, 0.3) is 0 Å². The number of hydrogen-bond donors (Lipinski definition) is 2. The SMILES string of the molecule is O=C(NCCC1CCCNC1)C1(c2cccc(F)c2)CCC1. The molecule has 0 bridgehead atoms. The van der Waals surface area contributed by atoms with E-state index in [0.29, 0.717) is 5.92 Å². The molecule has 1 aliphatic heterocycles. The molecule has 1 aliphatic carbocycles. The predicted molar refractivity (Wildman–Crippen MR) is 85.1 cm³/mol. The molecule has 22 heavy (non-hydrogen) atoms. The Bertz CT molecular complexity index is 522. The first-order valence-corrected chi connectivity index (χ1v) is 8.46. The van der Waals surface area contributed by atoms with Gasteiger partial charge in [0, 0.05) is 6.54 Å². The van der Waals surface area contributed by atoms with E-state index < -0.39 is 5.41 Å². The third kappa shape index (κ3) is 3.17. The molecule has 1 heterocycles. The number of halogens is 1. The van der Waals surface area contributed by atoms with Gasteiger partial charge in [0.2, 0.25) is 5.91 Å². The van der Waals surface area contributed by atoms with Crippen LogP contribution in [-0.2, 0) is 10.2 Å². The van der Waals surface area contributed by atoms with Crippen LogP contribution in [0.4, 0.5) is 4.39 Å². The molecule has 2 fully saturated rings. The van der Waals surface area contributed by atoms with Gasteiger partial charge in [-0.1, -0.05) is 18.6 Å². The minimum Gasteiger partial charge on any atom is -0.355 e. The van der Waals surface area contributed by atoms with Crippen molar-refractivity contribution in [2.45, 2.75) is 43.9 Å². The summed E-state index contributed by atoms with van der Waals surface area (Å²) in [5.41, 5.74) is 0.336. The highest BCUT2D eigenvalue weighted by Gasteiger charge is 2.45. The quantitative estimate of drug-likeness (QED) is 0.878. The lowest BCUT2D eigenvalue weighted by atomic mass is 9.63. The van der Waals surface area contributed by atoms with E-state index in [1.54, 1.807) is 6.07 Å².